The molecule has 0 radical (unpaired) electrons. The normalized spacial score (nSPS) is 20.3. The van der Waals surface area contributed by atoms with Gasteiger partial charge < -0.3 is 20.0 Å². The third-order valence-electron chi connectivity index (χ3n) is 5.11. The largest absolute Gasteiger partial charge is 0.465 e. The van der Waals surface area contributed by atoms with Crippen LogP contribution < -0.4 is 10.6 Å². The molecule has 1 atom stereocenters. The number of likely N-dealkylation sites (N-methyl/N-ethyl adjacent to an activating group) is 1. The van der Waals surface area contributed by atoms with Crippen LogP contribution in [0.1, 0.15) is 36.8 Å². The highest BCUT2D eigenvalue weighted by Gasteiger charge is 2.26. The van der Waals surface area contributed by atoms with Crippen molar-refractivity contribution < 1.29 is 9.21 Å². The molecule has 25 heavy (non-hydrogen) atoms. The molecule has 2 N–H and O–H groups in total. The number of carbonyl (C=O) groups excluding carboxylic acids is 1. The van der Waals surface area contributed by atoms with E-state index >= 15 is 0 Å². The maximum atomic E-state index is 12.2. The number of likely N-dealkylation sites (tertiary alicyclic amines) is 1. The highest BCUT2D eigenvalue weighted by molar-refractivity contribution is 5.74. The molecule has 0 bridgehead atoms. The fourth-order valence-corrected chi connectivity index (χ4v) is 3.51. The Bertz CT molecular complexity index is 604. The molecule has 2 amide bonds. The summed E-state index contributed by atoms with van der Waals surface area (Å²) in [6, 6.07) is 4.03. The van der Waals surface area contributed by atoms with Gasteiger partial charge in [-0.2, -0.15) is 0 Å². The lowest BCUT2D eigenvalue weighted by molar-refractivity contribution is 0.202. The number of nitrogens with zero attached hydrogens (tertiary/aromatic N) is 2. The molecule has 1 fully saturated rings. The van der Waals surface area contributed by atoms with Crippen molar-refractivity contribution in [2.75, 3.05) is 46.3 Å². The molecule has 0 spiro atoms. The highest BCUT2D eigenvalue weighted by Crippen LogP contribution is 2.26. The van der Waals surface area contributed by atoms with Gasteiger partial charge in [-0.05, 0) is 58.5 Å². The number of furan rings is 1. The molecule has 2 aliphatic rings. The molecule has 0 aromatic carbocycles. The minimum Gasteiger partial charge on any atom is -0.465 e. The first-order chi connectivity index (χ1) is 12.1. The lowest BCUT2D eigenvalue weighted by atomic mass is 10.1. The first-order valence-electron chi connectivity index (χ1n) is 9.30. The molecule has 1 aromatic heterocycles. The maximum Gasteiger partial charge on any atom is 0.315 e. The number of hydrogen-bond donors (Lipinski definition) is 2. The van der Waals surface area contributed by atoms with Crippen LogP contribution in [0.3, 0.4) is 0 Å². The third kappa shape index (κ3) is 5.09. The van der Waals surface area contributed by atoms with E-state index in [4.69, 9.17) is 4.42 Å². The predicted octanol–water partition coefficient (Wildman–Crippen LogP) is 2.29. The summed E-state index contributed by atoms with van der Waals surface area (Å²) in [6.45, 7) is 7.31. The van der Waals surface area contributed by atoms with Crippen LogP contribution in [0.5, 0.6) is 0 Å². The molecule has 0 aliphatic carbocycles. The summed E-state index contributed by atoms with van der Waals surface area (Å²) in [5, 5.41) is 6.01. The van der Waals surface area contributed by atoms with Gasteiger partial charge in [-0.15, -0.1) is 0 Å². The van der Waals surface area contributed by atoms with E-state index in [2.05, 4.69) is 33.6 Å². The van der Waals surface area contributed by atoms with Crippen molar-refractivity contribution >= 4 is 6.03 Å². The third-order valence-corrected chi connectivity index (χ3v) is 5.11. The van der Waals surface area contributed by atoms with E-state index in [0.717, 1.165) is 44.1 Å². The Labute approximate surface area is 150 Å². The van der Waals surface area contributed by atoms with E-state index in [9.17, 15) is 4.79 Å². The summed E-state index contributed by atoms with van der Waals surface area (Å²) in [5.41, 5.74) is 1.31. The Kier molecular flexibility index (Phi) is 6.15. The number of nitrogens with one attached hydrogen (secondary N) is 2. The molecule has 6 nitrogen and oxygen atoms in total. The second-order valence-corrected chi connectivity index (χ2v) is 7.15. The molecule has 3 rings (SSSR count). The highest BCUT2D eigenvalue weighted by atomic mass is 16.3. The second kappa shape index (κ2) is 8.54. The van der Waals surface area contributed by atoms with Gasteiger partial charge in [0.1, 0.15) is 11.5 Å². The summed E-state index contributed by atoms with van der Waals surface area (Å²) >= 11 is 0. The minimum absolute atomic E-state index is 0.104. The molecular weight excluding hydrogens is 316 g/mol. The second-order valence-electron chi connectivity index (χ2n) is 7.15. The smallest absolute Gasteiger partial charge is 0.315 e. The van der Waals surface area contributed by atoms with Crippen molar-refractivity contribution in [3.8, 4) is 0 Å². The van der Waals surface area contributed by atoms with E-state index in [0.29, 0.717) is 13.1 Å². The van der Waals surface area contributed by atoms with Crippen LogP contribution in [0.4, 0.5) is 4.79 Å². The van der Waals surface area contributed by atoms with Crippen LogP contribution in [0.2, 0.25) is 0 Å². The minimum atomic E-state index is -0.104. The van der Waals surface area contributed by atoms with Gasteiger partial charge >= 0.3 is 6.03 Å². The number of amides is 2. The van der Waals surface area contributed by atoms with Crippen LogP contribution in [0.25, 0.3) is 0 Å². The fourth-order valence-electron chi connectivity index (χ4n) is 3.51. The summed E-state index contributed by atoms with van der Waals surface area (Å²) in [7, 11) is 2.11. The summed E-state index contributed by atoms with van der Waals surface area (Å²) in [5.74, 6) is 1.86. The number of hydrogen-bond acceptors (Lipinski definition) is 4. The van der Waals surface area contributed by atoms with E-state index in [1.54, 1.807) is 0 Å². The molecule has 6 heteroatoms. The average molecular weight is 346 g/mol. The lowest BCUT2D eigenvalue weighted by Gasteiger charge is -2.26. The van der Waals surface area contributed by atoms with Gasteiger partial charge in [-0.1, -0.05) is 11.6 Å². The summed E-state index contributed by atoms with van der Waals surface area (Å²) in [4.78, 5) is 16.9. The first-order valence-corrected chi connectivity index (χ1v) is 9.30. The standard InChI is InChI=1S/C19H30N4O2/c1-15-5-6-18(25-15)17(23-9-3-4-10-23)14-21-19(24)20-13-16-7-11-22(2)12-8-16/h5-7,17H,3-4,8-14H2,1-2H3,(H2,20,21,24)/t17-/m1/s1. The Balaban J connectivity index is 1.49. The van der Waals surface area contributed by atoms with Crippen LogP contribution in [0.15, 0.2) is 28.2 Å². The van der Waals surface area contributed by atoms with Crippen molar-refractivity contribution in [2.45, 2.75) is 32.2 Å². The molecular formula is C19H30N4O2. The predicted molar refractivity (Wildman–Crippen MR) is 98.6 cm³/mol. The number of aryl methyl sites for hydroxylation is 1. The molecule has 3 heterocycles. The molecule has 138 valence electrons. The molecule has 2 aliphatic heterocycles. The topological polar surface area (TPSA) is 60.8 Å². The lowest BCUT2D eigenvalue weighted by Crippen LogP contribution is -2.42. The zero-order valence-electron chi connectivity index (χ0n) is 15.4. The van der Waals surface area contributed by atoms with Crippen molar-refractivity contribution in [3.63, 3.8) is 0 Å². The Hall–Kier alpha value is -1.79. The van der Waals surface area contributed by atoms with Crippen molar-refractivity contribution in [1.82, 2.24) is 20.4 Å². The summed E-state index contributed by atoms with van der Waals surface area (Å²) in [6.07, 6.45) is 5.66. The molecule has 1 aromatic rings. The Morgan fingerprint density at radius 3 is 2.68 bits per heavy atom. The van der Waals surface area contributed by atoms with Gasteiger partial charge in [0.2, 0.25) is 0 Å². The van der Waals surface area contributed by atoms with Gasteiger partial charge in [0, 0.05) is 26.2 Å². The van der Waals surface area contributed by atoms with E-state index in [-0.39, 0.29) is 12.1 Å². The van der Waals surface area contributed by atoms with Gasteiger partial charge in [-0.3, -0.25) is 4.90 Å². The van der Waals surface area contributed by atoms with Gasteiger partial charge in [-0.25, -0.2) is 4.79 Å². The number of rotatable bonds is 6. The van der Waals surface area contributed by atoms with Gasteiger partial charge in [0.25, 0.3) is 0 Å². The molecule has 1 saturated heterocycles. The van der Waals surface area contributed by atoms with Crippen LogP contribution in [-0.4, -0.2) is 62.1 Å². The van der Waals surface area contributed by atoms with Gasteiger partial charge in [0.15, 0.2) is 0 Å². The Morgan fingerprint density at radius 1 is 1.24 bits per heavy atom. The molecule has 0 saturated carbocycles. The van der Waals surface area contributed by atoms with Gasteiger partial charge in [0.05, 0.1) is 6.04 Å². The SMILES string of the molecule is Cc1ccc([C@@H](CNC(=O)NCC2=CCN(C)CC2)N2CCCC2)o1. The van der Waals surface area contributed by atoms with E-state index < -0.39 is 0 Å². The van der Waals surface area contributed by atoms with E-state index in [1.807, 2.05) is 19.1 Å². The number of carbonyl (C=O) groups is 1. The van der Waals surface area contributed by atoms with Crippen molar-refractivity contribution in [1.29, 1.82) is 0 Å². The van der Waals surface area contributed by atoms with Crippen molar-refractivity contribution in [3.05, 3.63) is 35.3 Å². The zero-order valence-corrected chi connectivity index (χ0v) is 15.4. The molecule has 0 unspecified atom stereocenters. The van der Waals surface area contributed by atoms with Crippen LogP contribution in [0, 0.1) is 6.92 Å². The zero-order chi connectivity index (χ0) is 17.6. The average Bonchev–Trinajstić information content (AvgIpc) is 3.27. The van der Waals surface area contributed by atoms with Crippen LogP contribution in [-0.2, 0) is 0 Å². The monoisotopic (exact) mass is 346 g/mol. The quantitative estimate of drug-likeness (QED) is 0.776. The maximum absolute atomic E-state index is 12.2. The van der Waals surface area contributed by atoms with E-state index in [1.165, 1.54) is 18.4 Å². The number of urea groups is 1. The van der Waals surface area contributed by atoms with Crippen molar-refractivity contribution in [2.24, 2.45) is 0 Å². The summed E-state index contributed by atoms with van der Waals surface area (Å²) < 4.78 is 5.83. The Morgan fingerprint density at radius 2 is 2.04 bits per heavy atom. The van der Waals surface area contributed by atoms with Crippen LogP contribution >= 0.6 is 0 Å². The fraction of sp³-hybridized carbons (Fsp3) is 0.632. The first kappa shape index (κ1) is 18.0.